The van der Waals surface area contributed by atoms with Gasteiger partial charge in [-0.25, -0.2) is 8.78 Å². The highest BCUT2D eigenvalue weighted by Gasteiger charge is 2.20. The van der Waals surface area contributed by atoms with Gasteiger partial charge >= 0.3 is 0 Å². The molecule has 2 aromatic rings. The van der Waals surface area contributed by atoms with Crippen LogP contribution in [-0.2, 0) is 6.61 Å². The molecule has 0 bridgehead atoms. The summed E-state index contributed by atoms with van der Waals surface area (Å²) in [6.45, 7) is 2.93. The van der Waals surface area contributed by atoms with Crippen molar-refractivity contribution in [3.8, 4) is 5.75 Å². The maximum Gasteiger partial charge on any atom is 0.153 e. The van der Waals surface area contributed by atoms with Crippen LogP contribution in [0.5, 0.6) is 5.75 Å². The molecule has 0 aromatic heterocycles. The number of halogens is 2. The highest BCUT2D eigenvalue weighted by atomic mass is 19.1. The summed E-state index contributed by atoms with van der Waals surface area (Å²) in [6.07, 6.45) is 0. The third kappa shape index (κ3) is 3.36. The van der Waals surface area contributed by atoms with E-state index in [1.165, 1.54) is 12.1 Å². The molecule has 1 fully saturated rings. The fourth-order valence-corrected chi connectivity index (χ4v) is 2.56. The third-order valence-corrected chi connectivity index (χ3v) is 3.67. The number of nitrogens with one attached hydrogen (secondary N) is 1. The quantitative estimate of drug-likeness (QED) is 0.940. The largest absolute Gasteiger partial charge is 0.489 e. The first-order valence-corrected chi connectivity index (χ1v) is 7.35. The number of piperazine rings is 1. The van der Waals surface area contributed by atoms with Crippen molar-refractivity contribution in [1.29, 1.82) is 0 Å². The lowest BCUT2D eigenvalue weighted by Gasteiger charge is -2.30. The van der Waals surface area contributed by atoms with Gasteiger partial charge in [0.1, 0.15) is 18.0 Å². The molecule has 1 aliphatic heterocycles. The number of nitrogens with zero attached hydrogens (tertiary/aromatic N) is 1. The van der Waals surface area contributed by atoms with Crippen LogP contribution in [0.4, 0.5) is 14.5 Å². The molecule has 22 heavy (non-hydrogen) atoms. The van der Waals surface area contributed by atoms with Crippen LogP contribution in [0.15, 0.2) is 42.5 Å². The summed E-state index contributed by atoms with van der Waals surface area (Å²) in [7, 11) is 0. The first-order valence-electron chi connectivity index (χ1n) is 7.35. The number of rotatable bonds is 4. The van der Waals surface area contributed by atoms with E-state index < -0.39 is 11.6 Å². The standard InChI is InChI=1S/C17H18F2N2O/c18-15-10-14(22-12-13-4-2-1-3-5-13)11-16(19)17(15)21-8-6-20-7-9-21/h1-5,10-11,20H,6-9,12H2. The van der Waals surface area contributed by atoms with E-state index >= 15 is 0 Å². The second-order valence-corrected chi connectivity index (χ2v) is 5.25. The maximum atomic E-state index is 14.2. The molecule has 0 aliphatic carbocycles. The van der Waals surface area contributed by atoms with Crippen molar-refractivity contribution in [1.82, 2.24) is 5.32 Å². The van der Waals surface area contributed by atoms with Gasteiger partial charge in [0.05, 0.1) is 0 Å². The van der Waals surface area contributed by atoms with Crippen molar-refractivity contribution < 1.29 is 13.5 Å². The average Bonchev–Trinajstić information content (AvgIpc) is 2.54. The van der Waals surface area contributed by atoms with Crippen LogP contribution in [0.2, 0.25) is 0 Å². The molecule has 0 unspecified atom stereocenters. The summed E-state index contributed by atoms with van der Waals surface area (Å²) < 4.78 is 34.0. The molecule has 0 atom stereocenters. The van der Waals surface area contributed by atoms with E-state index in [0.717, 1.165) is 18.7 Å². The fraction of sp³-hybridized carbons (Fsp3) is 0.294. The summed E-state index contributed by atoms with van der Waals surface area (Å²) in [4.78, 5) is 1.72. The van der Waals surface area contributed by atoms with Crippen molar-refractivity contribution in [2.24, 2.45) is 0 Å². The Kier molecular flexibility index (Phi) is 4.53. The van der Waals surface area contributed by atoms with Gasteiger partial charge in [-0.05, 0) is 5.56 Å². The molecule has 1 saturated heterocycles. The van der Waals surface area contributed by atoms with Gasteiger partial charge in [-0.3, -0.25) is 0 Å². The first kappa shape index (κ1) is 14.8. The Labute approximate surface area is 128 Å². The molecule has 1 heterocycles. The van der Waals surface area contributed by atoms with Crippen LogP contribution in [0, 0.1) is 11.6 Å². The monoisotopic (exact) mass is 304 g/mol. The molecule has 1 N–H and O–H groups in total. The van der Waals surface area contributed by atoms with Crippen LogP contribution in [0.3, 0.4) is 0 Å². The number of benzene rings is 2. The minimum atomic E-state index is -0.579. The fourth-order valence-electron chi connectivity index (χ4n) is 2.56. The minimum absolute atomic E-state index is 0.0357. The van der Waals surface area contributed by atoms with E-state index in [4.69, 9.17) is 4.74 Å². The topological polar surface area (TPSA) is 24.5 Å². The predicted octanol–water partition coefficient (Wildman–Crippen LogP) is 2.95. The molecular formula is C17H18F2N2O. The smallest absolute Gasteiger partial charge is 0.153 e. The van der Waals surface area contributed by atoms with E-state index in [-0.39, 0.29) is 18.0 Å². The van der Waals surface area contributed by atoms with Crippen molar-refractivity contribution in [2.45, 2.75) is 6.61 Å². The van der Waals surface area contributed by atoms with Crippen LogP contribution in [0.1, 0.15) is 5.56 Å². The number of ether oxygens (including phenoxy) is 1. The van der Waals surface area contributed by atoms with E-state index in [2.05, 4.69) is 5.32 Å². The molecule has 5 heteroatoms. The number of hydrogen-bond donors (Lipinski definition) is 1. The molecule has 3 rings (SSSR count). The molecule has 0 saturated carbocycles. The Hall–Kier alpha value is -2.14. The van der Waals surface area contributed by atoms with E-state index in [9.17, 15) is 8.78 Å². The summed E-state index contributed by atoms with van der Waals surface area (Å²) in [5.74, 6) is -0.951. The Morgan fingerprint density at radius 1 is 1.00 bits per heavy atom. The van der Waals surface area contributed by atoms with E-state index in [1.807, 2.05) is 30.3 Å². The Balaban J connectivity index is 1.74. The minimum Gasteiger partial charge on any atom is -0.489 e. The molecular weight excluding hydrogens is 286 g/mol. The highest BCUT2D eigenvalue weighted by Crippen LogP contribution is 2.28. The Morgan fingerprint density at radius 3 is 2.27 bits per heavy atom. The molecule has 1 aliphatic rings. The normalized spacial score (nSPS) is 14.9. The zero-order valence-electron chi connectivity index (χ0n) is 12.2. The summed E-state index contributed by atoms with van der Waals surface area (Å²) >= 11 is 0. The number of hydrogen-bond acceptors (Lipinski definition) is 3. The highest BCUT2D eigenvalue weighted by molar-refractivity contribution is 5.52. The van der Waals surface area contributed by atoms with E-state index in [1.54, 1.807) is 4.90 Å². The van der Waals surface area contributed by atoms with Crippen molar-refractivity contribution in [2.75, 3.05) is 31.1 Å². The summed E-state index contributed by atoms with van der Waals surface area (Å²) in [5, 5.41) is 3.16. The van der Waals surface area contributed by atoms with Crippen molar-refractivity contribution in [3.63, 3.8) is 0 Å². The van der Waals surface area contributed by atoms with Crippen LogP contribution < -0.4 is 15.0 Å². The predicted molar refractivity (Wildman–Crippen MR) is 82.2 cm³/mol. The molecule has 0 spiro atoms. The maximum absolute atomic E-state index is 14.2. The van der Waals surface area contributed by atoms with Gasteiger partial charge in [-0.1, -0.05) is 30.3 Å². The lowest BCUT2D eigenvalue weighted by atomic mass is 10.2. The second kappa shape index (κ2) is 6.75. The van der Waals surface area contributed by atoms with Gasteiger partial charge in [0.25, 0.3) is 0 Å². The SMILES string of the molecule is Fc1cc(OCc2ccccc2)cc(F)c1N1CCNCC1. The van der Waals surface area contributed by atoms with Crippen molar-refractivity contribution in [3.05, 3.63) is 59.7 Å². The lowest BCUT2D eigenvalue weighted by molar-refractivity contribution is 0.302. The average molecular weight is 304 g/mol. The Bertz CT molecular complexity index is 605. The first-order chi connectivity index (χ1) is 10.7. The molecule has 2 aromatic carbocycles. The molecule has 116 valence electrons. The van der Waals surface area contributed by atoms with E-state index in [0.29, 0.717) is 13.1 Å². The molecule has 0 amide bonds. The summed E-state index contributed by atoms with van der Waals surface area (Å²) in [6, 6.07) is 12.0. The van der Waals surface area contributed by atoms with Gasteiger partial charge in [0.15, 0.2) is 11.6 Å². The van der Waals surface area contributed by atoms with Crippen LogP contribution in [-0.4, -0.2) is 26.2 Å². The zero-order chi connectivity index (χ0) is 15.4. The second-order valence-electron chi connectivity index (χ2n) is 5.25. The molecule has 3 nitrogen and oxygen atoms in total. The van der Waals surface area contributed by atoms with Crippen molar-refractivity contribution >= 4 is 5.69 Å². The molecule has 0 radical (unpaired) electrons. The van der Waals surface area contributed by atoms with Gasteiger partial charge in [0.2, 0.25) is 0 Å². The third-order valence-electron chi connectivity index (χ3n) is 3.67. The number of anilines is 1. The van der Waals surface area contributed by atoms with Gasteiger partial charge < -0.3 is 15.0 Å². The van der Waals surface area contributed by atoms with Gasteiger partial charge in [-0.15, -0.1) is 0 Å². The Morgan fingerprint density at radius 2 is 1.64 bits per heavy atom. The van der Waals surface area contributed by atoms with Gasteiger partial charge in [-0.2, -0.15) is 0 Å². The lowest BCUT2D eigenvalue weighted by Crippen LogP contribution is -2.44. The van der Waals surface area contributed by atoms with Gasteiger partial charge in [0, 0.05) is 38.3 Å². The summed E-state index contributed by atoms with van der Waals surface area (Å²) in [5.41, 5.74) is 0.989. The van der Waals surface area contributed by atoms with Crippen LogP contribution >= 0.6 is 0 Å². The zero-order valence-corrected chi connectivity index (χ0v) is 12.2. The van der Waals surface area contributed by atoms with Crippen LogP contribution in [0.25, 0.3) is 0 Å².